The van der Waals surface area contributed by atoms with Crippen molar-refractivity contribution >= 4 is 11.6 Å². The lowest BCUT2D eigenvalue weighted by atomic mass is 10.2. The number of halogens is 1. The molecule has 3 heteroatoms. The zero-order chi connectivity index (χ0) is 9.10. The van der Waals surface area contributed by atoms with Gasteiger partial charge in [-0.1, -0.05) is 30.3 Å². The Hall–Kier alpha value is -0.570. The number of nitrogens with one attached hydrogen (secondary N) is 1. The minimum atomic E-state index is 0.0185. The van der Waals surface area contributed by atoms with Gasteiger partial charge in [-0.2, -0.15) is 0 Å². The molecule has 1 aliphatic heterocycles. The molecule has 2 atom stereocenters. The maximum atomic E-state index is 5.70. The third kappa shape index (κ3) is 2.02. The Labute approximate surface area is 82.9 Å². The highest BCUT2D eigenvalue weighted by molar-refractivity contribution is 6.18. The normalized spacial score (nSPS) is 27.8. The van der Waals surface area contributed by atoms with Crippen LogP contribution in [-0.4, -0.2) is 18.5 Å². The van der Waals surface area contributed by atoms with Gasteiger partial charge < -0.3 is 4.74 Å². The van der Waals surface area contributed by atoms with E-state index in [2.05, 4.69) is 5.32 Å². The molecule has 0 unspecified atom stereocenters. The van der Waals surface area contributed by atoms with E-state index in [0.29, 0.717) is 5.88 Å². The number of benzene rings is 1. The second-order valence-electron chi connectivity index (χ2n) is 3.11. The molecule has 0 aliphatic carbocycles. The molecule has 0 radical (unpaired) electrons. The summed E-state index contributed by atoms with van der Waals surface area (Å²) in [6.07, 6.45) is 0.164. The zero-order valence-electron chi connectivity index (χ0n) is 7.24. The molecule has 1 saturated heterocycles. The Kier molecular flexibility index (Phi) is 2.83. The van der Waals surface area contributed by atoms with E-state index < -0.39 is 0 Å². The molecule has 0 aromatic heterocycles. The molecule has 1 fully saturated rings. The Morgan fingerprint density at radius 3 is 2.77 bits per heavy atom. The van der Waals surface area contributed by atoms with E-state index in [4.69, 9.17) is 16.3 Å². The van der Waals surface area contributed by atoms with E-state index >= 15 is 0 Å². The van der Waals surface area contributed by atoms with Crippen LogP contribution in [-0.2, 0) is 4.74 Å². The molecule has 1 aromatic rings. The molecule has 1 aromatic carbocycles. The van der Waals surface area contributed by atoms with Crippen LogP contribution in [0.25, 0.3) is 0 Å². The summed E-state index contributed by atoms with van der Waals surface area (Å²) in [7, 11) is 0. The van der Waals surface area contributed by atoms with Crippen LogP contribution in [0.2, 0.25) is 0 Å². The predicted molar refractivity (Wildman–Crippen MR) is 52.8 cm³/mol. The Morgan fingerprint density at radius 2 is 2.15 bits per heavy atom. The van der Waals surface area contributed by atoms with Crippen molar-refractivity contribution in [3.8, 4) is 0 Å². The molecule has 0 saturated carbocycles. The van der Waals surface area contributed by atoms with Crippen LogP contribution in [0.5, 0.6) is 0 Å². The van der Waals surface area contributed by atoms with Crippen LogP contribution in [0.3, 0.4) is 0 Å². The van der Waals surface area contributed by atoms with Gasteiger partial charge in [-0.3, -0.25) is 5.32 Å². The molecule has 2 nitrogen and oxygen atoms in total. The molecule has 1 heterocycles. The maximum absolute atomic E-state index is 5.70. The monoisotopic (exact) mass is 197 g/mol. The van der Waals surface area contributed by atoms with Gasteiger partial charge in [0.2, 0.25) is 0 Å². The third-order valence-electron chi connectivity index (χ3n) is 2.13. The van der Waals surface area contributed by atoms with Crippen molar-refractivity contribution in [1.82, 2.24) is 5.32 Å². The first-order valence-corrected chi connectivity index (χ1v) is 4.93. The predicted octanol–water partition coefficient (Wildman–Crippen LogP) is 1.91. The summed E-state index contributed by atoms with van der Waals surface area (Å²) in [5, 5.41) is 3.27. The summed E-state index contributed by atoms with van der Waals surface area (Å²) in [6.45, 7) is 0.836. The van der Waals surface area contributed by atoms with E-state index in [1.54, 1.807) is 0 Å². The number of alkyl halides is 1. The second-order valence-corrected chi connectivity index (χ2v) is 3.42. The molecule has 70 valence electrons. The van der Waals surface area contributed by atoms with Gasteiger partial charge in [-0.05, 0) is 5.56 Å². The van der Waals surface area contributed by atoms with Gasteiger partial charge in [0.05, 0.1) is 6.10 Å². The minimum absolute atomic E-state index is 0.0185. The van der Waals surface area contributed by atoms with Crippen LogP contribution in [0.1, 0.15) is 11.8 Å². The van der Waals surface area contributed by atoms with E-state index in [0.717, 1.165) is 12.1 Å². The van der Waals surface area contributed by atoms with Crippen molar-refractivity contribution in [2.24, 2.45) is 0 Å². The zero-order valence-corrected chi connectivity index (χ0v) is 8.00. The highest BCUT2D eigenvalue weighted by Gasteiger charge is 2.24. The van der Waals surface area contributed by atoms with Gasteiger partial charge >= 0.3 is 0 Å². The smallest absolute Gasteiger partial charge is 0.134 e. The summed E-state index contributed by atoms with van der Waals surface area (Å²) in [6, 6.07) is 10.1. The molecule has 13 heavy (non-hydrogen) atoms. The fourth-order valence-corrected chi connectivity index (χ4v) is 1.62. The molecule has 0 bridgehead atoms. The lowest BCUT2D eigenvalue weighted by Crippen LogP contribution is -2.15. The molecular weight excluding hydrogens is 186 g/mol. The van der Waals surface area contributed by atoms with E-state index in [1.165, 1.54) is 0 Å². The quantitative estimate of drug-likeness (QED) is 0.732. The molecule has 0 amide bonds. The number of hydrogen-bond acceptors (Lipinski definition) is 2. The van der Waals surface area contributed by atoms with Gasteiger partial charge in [-0.15, -0.1) is 11.6 Å². The summed E-state index contributed by atoms with van der Waals surface area (Å²) < 4.78 is 5.65. The van der Waals surface area contributed by atoms with Crippen LogP contribution in [0, 0.1) is 0 Å². The largest absolute Gasteiger partial charge is 0.353 e. The number of hydrogen-bond donors (Lipinski definition) is 1. The van der Waals surface area contributed by atoms with Crippen molar-refractivity contribution in [1.29, 1.82) is 0 Å². The average molecular weight is 198 g/mol. The van der Waals surface area contributed by atoms with E-state index in [1.807, 2.05) is 30.3 Å². The fraction of sp³-hybridized carbons (Fsp3) is 0.400. The fourth-order valence-electron chi connectivity index (χ4n) is 1.44. The SMILES string of the molecule is ClC[C@@H]1CN[C@H](c2ccccc2)O1. The van der Waals surface area contributed by atoms with E-state index in [-0.39, 0.29) is 12.3 Å². The van der Waals surface area contributed by atoms with Crippen molar-refractivity contribution in [2.75, 3.05) is 12.4 Å². The first kappa shape index (κ1) is 9.00. The van der Waals surface area contributed by atoms with Gasteiger partial charge in [0.1, 0.15) is 6.23 Å². The Morgan fingerprint density at radius 1 is 1.38 bits per heavy atom. The number of ether oxygens (including phenoxy) is 1. The third-order valence-corrected chi connectivity index (χ3v) is 2.48. The first-order chi connectivity index (χ1) is 6.40. The van der Waals surface area contributed by atoms with Crippen LogP contribution in [0.4, 0.5) is 0 Å². The second kappa shape index (κ2) is 4.09. The van der Waals surface area contributed by atoms with Gasteiger partial charge in [-0.25, -0.2) is 0 Å². The first-order valence-electron chi connectivity index (χ1n) is 4.40. The number of rotatable bonds is 2. The summed E-state index contributed by atoms with van der Waals surface area (Å²) in [5.74, 6) is 0.552. The summed E-state index contributed by atoms with van der Waals surface area (Å²) >= 11 is 5.70. The molecule has 1 N–H and O–H groups in total. The van der Waals surface area contributed by atoms with Gasteiger partial charge in [0.15, 0.2) is 0 Å². The summed E-state index contributed by atoms with van der Waals surface area (Å²) in [4.78, 5) is 0. The van der Waals surface area contributed by atoms with Crippen molar-refractivity contribution in [3.05, 3.63) is 35.9 Å². The molecular formula is C10H12ClNO. The standard InChI is InChI=1S/C10H12ClNO/c11-6-9-7-12-10(13-9)8-4-2-1-3-5-8/h1-5,9-10,12H,6-7H2/t9-,10+/m1/s1. The van der Waals surface area contributed by atoms with Crippen molar-refractivity contribution in [2.45, 2.75) is 12.3 Å². The van der Waals surface area contributed by atoms with Gasteiger partial charge in [0.25, 0.3) is 0 Å². The van der Waals surface area contributed by atoms with E-state index in [9.17, 15) is 0 Å². The average Bonchev–Trinajstić information content (AvgIpc) is 2.67. The van der Waals surface area contributed by atoms with Crippen LogP contribution in [0.15, 0.2) is 30.3 Å². The van der Waals surface area contributed by atoms with Crippen molar-refractivity contribution < 1.29 is 4.74 Å². The lowest BCUT2D eigenvalue weighted by molar-refractivity contribution is 0.0528. The maximum Gasteiger partial charge on any atom is 0.134 e. The lowest BCUT2D eigenvalue weighted by Gasteiger charge is -2.10. The van der Waals surface area contributed by atoms with Crippen LogP contribution >= 0.6 is 11.6 Å². The minimum Gasteiger partial charge on any atom is -0.353 e. The van der Waals surface area contributed by atoms with Crippen molar-refractivity contribution in [3.63, 3.8) is 0 Å². The Balaban J connectivity index is 2.04. The topological polar surface area (TPSA) is 21.3 Å². The van der Waals surface area contributed by atoms with Gasteiger partial charge in [0, 0.05) is 12.4 Å². The van der Waals surface area contributed by atoms with Crippen LogP contribution < -0.4 is 5.32 Å². The molecule has 0 spiro atoms. The highest BCUT2D eigenvalue weighted by Crippen LogP contribution is 2.21. The molecule has 2 rings (SSSR count). The molecule has 1 aliphatic rings. The highest BCUT2D eigenvalue weighted by atomic mass is 35.5. The Bertz CT molecular complexity index is 265. The summed E-state index contributed by atoms with van der Waals surface area (Å²) in [5.41, 5.74) is 1.16.